The highest BCUT2D eigenvalue weighted by atomic mass is 32.1. The maximum atomic E-state index is 12.4. The number of aromatic nitrogens is 1. The number of thiazole rings is 1. The summed E-state index contributed by atoms with van der Waals surface area (Å²) in [6.45, 7) is 2.67. The van der Waals surface area contributed by atoms with Crippen molar-refractivity contribution in [2.75, 3.05) is 20.3 Å². The number of imide groups is 1. The van der Waals surface area contributed by atoms with Crippen LogP contribution in [-0.4, -0.2) is 47.9 Å². The molecule has 1 aliphatic heterocycles. The molecule has 2 aromatic carbocycles. The van der Waals surface area contributed by atoms with Crippen LogP contribution in [0.3, 0.4) is 0 Å². The quantitative estimate of drug-likeness (QED) is 0.315. The second-order valence-electron chi connectivity index (χ2n) is 7.51. The highest BCUT2D eigenvalue weighted by molar-refractivity contribution is 7.13. The fraction of sp³-hybridized carbons (Fsp3) is 0.280. The number of nitrogens with zero attached hydrogens (tertiary/aromatic N) is 2. The summed E-state index contributed by atoms with van der Waals surface area (Å²) < 4.78 is 16.3. The van der Waals surface area contributed by atoms with E-state index >= 15 is 0 Å². The van der Waals surface area contributed by atoms with E-state index in [0.29, 0.717) is 41.3 Å². The Morgan fingerprint density at radius 3 is 2.47 bits per heavy atom. The zero-order valence-corrected chi connectivity index (χ0v) is 19.7. The normalized spacial score (nSPS) is 12.6. The molecule has 34 heavy (non-hydrogen) atoms. The number of carbonyl (C=O) groups is 3. The van der Waals surface area contributed by atoms with Gasteiger partial charge in [0.1, 0.15) is 11.6 Å². The van der Waals surface area contributed by atoms with Crippen LogP contribution in [0.2, 0.25) is 0 Å². The zero-order chi connectivity index (χ0) is 24.1. The summed E-state index contributed by atoms with van der Waals surface area (Å²) in [6.07, 6.45) is 0.430. The minimum absolute atomic E-state index is 0.0521. The topological polar surface area (TPSA) is 95.0 Å². The molecule has 2 heterocycles. The van der Waals surface area contributed by atoms with Crippen molar-refractivity contribution in [3.05, 3.63) is 64.7 Å². The number of amides is 2. The Labute approximate surface area is 201 Å². The minimum atomic E-state index is -0.408. The SMILES string of the molecule is CCOc1ccc(-c2nc(COC(=O)CCCN3C(=O)c4ccccc4C3=O)cs2)cc1OC. The maximum absolute atomic E-state index is 12.4. The largest absolute Gasteiger partial charge is 0.493 e. The van der Waals surface area contributed by atoms with Crippen LogP contribution in [0.15, 0.2) is 47.8 Å². The number of ether oxygens (including phenoxy) is 3. The van der Waals surface area contributed by atoms with E-state index in [1.54, 1.807) is 31.4 Å². The predicted octanol–water partition coefficient (Wildman–Crippen LogP) is 4.34. The molecule has 0 N–H and O–H groups in total. The van der Waals surface area contributed by atoms with Crippen LogP contribution in [-0.2, 0) is 16.1 Å². The molecule has 176 valence electrons. The summed E-state index contributed by atoms with van der Waals surface area (Å²) >= 11 is 1.44. The van der Waals surface area contributed by atoms with Crippen LogP contribution in [0.4, 0.5) is 0 Å². The van der Waals surface area contributed by atoms with Gasteiger partial charge in [-0.15, -0.1) is 11.3 Å². The average molecular weight is 481 g/mol. The molecule has 0 saturated heterocycles. The van der Waals surface area contributed by atoms with Gasteiger partial charge in [-0.2, -0.15) is 0 Å². The van der Waals surface area contributed by atoms with Gasteiger partial charge in [-0.05, 0) is 43.7 Å². The van der Waals surface area contributed by atoms with Crippen LogP contribution in [0.5, 0.6) is 11.5 Å². The molecule has 9 heteroatoms. The first-order valence-corrected chi connectivity index (χ1v) is 11.8. The fourth-order valence-corrected chi connectivity index (χ4v) is 4.43. The van der Waals surface area contributed by atoms with Crippen molar-refractivity contribution in [1.82, 2.24) is 9.88 Å². The fourth-order valence-electron chi connectivity index (χ4n) is 3.63. The molecule has 0 unspecified atom stereocenters. The molecule has 1 aromatic heterocycles. The first kappa shape index (κ1) is 23.4. The van der Waals surface area contributed by atoms with E-state index < -0.39 is 5.97 Å². The zero-order valence-electron chi connectivity index (χ0n) is 18.9. The minimum Gasteiger partial charge on any atom is -0.493 e. The molecule has 0 radical (unpaired) electrons. The molecule has 8 nitrogen and oxygen atoms in total. The van der Waals surface area contributed by atoms with Crippen LogP contribution in [0, 0.1) is 0 Å². The number of rotatable bonds is 10. The molecule has 1 aliphatic rings. The van der Waals surface area contributed by atoms with Crippen molar-refractivity contribution in [2.45, 2.75) is 26.4 Å². The summed E-state index contributed by atoms with van der Waals surface area (Å²) in [4.78, 5) is 42.6. The third kappa shape index (κ3) is 4.94. The van der Waals surface area contributed by atoms with Gasteiger partial charge in [-0.25, -0.2) is 4.98 Å². The Balaban J connectivity index is 1.26. The van der Waals surface area contributed by atoms with Gasteiger partial charge in [0.2, 0.25) is 0 Å². The van der Waals surface area contributed by atoms with Crippen molar-refractivity contribution in [3.63, 3.8) is 0 Å². The van der Waals surface area contributed by atoms with Gasteiger partial charge in [-0.3, -0.25) is 19.3 Å². The van der Waals surface area contributed by atoms with E-state index in [1.807, 2.05) is 30.5 Å². The van der Waals surface area contributed by atoms with Gasteiger partial charge in [0, 0.05) is 23.9 Å². The Bertz CT molecular complexity index is 1190. The number of benzene rings is 2. The van der Waals surface area contributed by atoms with Crippen molar-refractivity contribution in [2.24, 2.45) is 0 Å². The van der Waals surface area contributed by atoms with Crippen molar-refractivity contribution < 1.29 is 28.6 Å². The Morgan fingerprint density at radius 2 is 1.79 bits per heavy atom. The van der Waals surface area contributed by atoms with Crippen molar-refractivity contribution in [1.29, 1.82) is 0 Å². The molecular weight excluding hydrogens is 456 g/mol. The molecule has 2 amide bonds. The molecule has 0 atom stereocenters. The first-order chi connectivity index (χ1) is 16.5. The second kappa shape index (κ2) is 10.5. The third-order valence-corrected chi connectivity index (χ3v) is 6.22. The van der Waals surface area contributed by atoms with E-state index in [1.165, 1.54) is 16.2 Å². The summed E-state index contributed by atoms with van der Waals surface area (Å²) in [5.41, 5.74) is 2.32. The standard InChI is InChI=1S/C25H24N2O6S/c1-3-32-20-11-10-16(13-21(20)31-2)23-26-17(15-34-23)14-33-22(28)9-6-12-27-24(29)18-7-4-5-8-19(18)25(27)30/h4-5,7-8,10-11,13,15H,3,6,9,12,14H2,1-2H3. The molecule has 0 spiro atoms. The van der Waals surface area contributed by atoms with Crippen LogP contribution in [0.1, 0.15) is 46.2 Å². The van der Waals surface area contributed by atoms with Crippen LogP contribution < -0.4 is 9.47 Å². The summed E-state index contributed by atoms with van der Waals surface area (Å²) in [5, 5.41) is 2.61. The van der Waals surface area contributed by atoms with Crippen LogP contribution in [0.25, 0.3) is 10.6 Å². The van der Waals surface area contributed by atoms with Gasteiger partial charge in [0.25, 0.3) is 11.8 Å². The van der Waals surface area contributed by atoms with Crippen molar-refractivity contribution >= 4 is 29.1 Å². The molecule has 3 aromatic rings. The Morgan fingerprint density at radius 1 is 1.06 bits per heavy atom. The van der Waals surface area contributed by atoms with Gasteiger partial charge >= 0.3 is 5.97 Å². The van der Waals surface area contributed by atoms with Gasteiger partial charge in [0.15, 0.2) is 11.5 Å². The lowest BCUT2D eigenvalue weighted by atomic mass is 10.1. The lowest BCUT2D eigenvalue weighted by Gasteiger charge is -2.13. The predicted molar refractivity (Wildman–Crippen MR) is 126 cm³/mol. The monoisotopic (exact) mass is 480 g/mol. The molecule has 0 bridgehead atoms. The lowest BCUT2D eigenvalue weighted by Crippen LogP contribution is -2.31. The smallest absolute Gasteiger partial charge is 0.306 e. The van der Waals surface area contributed by atoms with E-state index in [-0.39, 0.29) is 31.4 Å². The van der Waals surface area contributed by atoms with Gasteiger partial charge in [0.05, 0.1) is 30.5 Å². The van der Waals surface area contributed by atoms with E-state index in [4.69, 9.17) is 14.2 Å². The highest BCUT2D eigenvalue weighted by Gasteiger charge is 2.34. The van der Waals surface area contributed by atoms with E-state index in [9.17, 15) is 14.4 Å². The molecule has 0 aliphatic carbocycles. The first-order valence-electron chi connectivity index (χ1n) is 10.9. The molecule has 0 fully saturated rings. The third-order valence-electron chi connectivity index (χ3n) is 5.28. The number of esters is 1. The average Bonchev–Trinajstić information content (AvgIpc) is 3.42. The number of methoxy groups -OCH3 is 1. The maximum Gasteiger partial charge on any atom is 0.306 e. The van der Waals surface area contributed by atoms with Crippen molar-refractivity contribution in [3.8, 4) is 22.1 Å². The molecule has 4 rings (SSSR count). The van der Waals surface area contributed by atoms with Crippen LogP contribution >= 0.6 is 11.3 Å². The van der Waals surface area contributed by atoms with E-state index in [0.717, 1.165) is 10.6 Å². The summed E-state index contributed by atoms with van der Waals surface area (Å²) in [5.74, 6) is 0.236. The molecular formula is C25H24N2O6S. The van der Waals surface area contributed by atoms with E-state index in [2.05, 4.69) is 4.98 Å². The number of fused-ring (bicyclic) bond motifs is 1. The Hall–Kier alpha value is -3.72. The summed E-state index contributed by atoms with van der Waals surface area (Å²) in [6, 6.07) is 12.3. The number of hydrogen-bond donors (Lipinski definition) is 0. The van der Waals surface area contributed by atoms with Gasteiger partial charge in [-0.1, -0.05) is 12.1 Å². The molecule has 0 saturated carbocycles. The number of hydrogen-bond acceptors (Lipinski definition) is 8. The second-order valence-corrected chi connectivity index (χ2v) is 8.37. The highest BCUT2D eigenvalue weighted by Crippen LogP contribution is 2.34. The Kier molecular flexibility index (Phi) is 7.22. The summed E-state index contributed by atoms with van der Waals surface area (Å²) in [7, 11) is 1.59. The lowest BCUT2D eigenvalue weighted by molar-refractivity contribution is -0.145. The number of carbonyl (C=O) groups excluding carboxylic acids is 3. The van der Waals surface area contributed by atoms with Gasteiger partial charge < -0.3 is 14.2 Å².